The summed E-state index contributed by atoms with van der Waals surface area (Å²) in [6.07, 6.45) is -10.1. The lowest BCUT2D eigenvalue weighted by atomic mass is 10.0. The number of halogens is 9. The molecule has 0 bridgehead atoms. The maximum atomic E-state index is 13.2. The fraction of sp³-hybridized carbons (Fsp3) is 0.400. The summed E-state index contributed by atoms with van der Waals surface area (Å²) >= 11 is 0. The minimum absolute atomic E-state index is 0.0944. The number of rotatable bonds is 3. The van der Waals surface area contributed by atoms with Crippen LogP contribution < -0.4 is 0 Å². The molecule has 0 aromatic heterocycles. The monoisotopic (exact) mass is 360 g/mol. The average molecular weight is 360 g/mol. The maximum Gasteiger partial charge on any atom is 0.501 e. The second kappa shape index (κ2) is 5.32. The quantitative estimate of drug-likeness (QED) is 0.758. The van der Waals surface area contributed by atoms with Gasteiger partial charge in [-0.1, -0.05) is 12.1 Å². The first-order chi connectivity index (χ1) is 9.62. The second-order valence-electron chi connectivity index (χ2n) is 4.00. The van der Waals surface area contributed by atoms with Crippen LogP contribution in [0.5, 0.6) is 0 Å². The molecular weight excluding hydrogens is 355 g/mol. The van der Waals surface area contributed by atoms with Gasteiger partial charge in [-0.25, -0.2) is 12.8 Å². The predicted molar refractivity (Wildman–Crippen MR) is 54.5 cm³/mol. The van der Waals surface area contributed by atoms with E-state index < -0.39 is 44.1 Å². The van der Waals surface area contributed by atoms with Gasteiger partial charge in [0, 0.05) is 0 Å². The zero-order valence-corrected chi connectivity index (χ0v) is 10.8. The third-order valence-electron chi connectivity index (χ3n) is 2.48. The number of hydrogen-bond acceptors (Lipinski definition) is 2. The van der Waals surface area contributed by atoms with Gasteiger partial charge in [-0.05, 0) is 17.7 Å². The molecule has 1 aromatic carbocycles. The first-order valence-corrected chi connectivity index (χ1v) is 6.60. The van der Waals surface area contributed by atoms with Crippen LogP contribution in [0.25, 0.3) is 0 Å². The number of benzene rings is 1. The van der Waals surface area contributed by atoms with E-state index in [2.05, 4.69) is 0 Å². The molecule has 0 saturated carbocycles. The molecule has 0 radical (unpaired) electrons. The highest BCUT2D eigenvalue weighted by atomic mass is 32.2. The Morgan fingerprint density at radius 2 is 1.23 bits per heavy atom. The lowest BCUT2D eigenvalue weighted by Gasteiger charge is -2.23. The first kappa shape index (κ1) is 18.6. The van der Waals surface area contributed by atoms with E-state index in [1.807, 2.05) is 0 Å². The molecule has 126 valence electrons. The van der Waals surface area contributed by atoms with Crippen LogP contribution in [0.2, 0.25) is 0 Å². The van der Waals surface area contributed by atoms with Crippen molar-refractivity contribution in [2.75, 3.05) is 0 Å². The molecule has 0 saturated heterocycles. The summed E-state index contributed by atoms with van der Waals surface area (Å²) in [5.74, 6) is -5.78. The third-order valence-corrected chi connectivity index (χ3v) is 3.99. The topological polar surface area (TPSA) is 34.1 Å². The van der Waals surface area contributed by atoms with Crippen LogP contribution in [-0.2, 0) is 9.84 Å². The summed E-state index contributed by atoms with van der Waals surface area (Å²) in [4.78, 5) is -1.41. The zero-order valence-electron chi connectivity index (χ0n) is 10.0. The minimum Gasteiger partial charge on any atom is -0.235 e. The van der Waals surface area contributed by atoms with Gasteiger partial charge in [-0.2, -0.15) is 35.1 Å². The smallest absolute Gasteiger partial charge is 0.235 e. The van der Waals surface area contributed by atoms with Crippen LogP contribution in [0, 0.1) is 0 Å². The Kier molecular flexibility index (Phi) is 4.49. The molecule has 0 aliphatic carbocycles. The van der Waals surface area contributed by atoms with Crippen molar-refractivity contribution in [3.8, 4) is 0 Å². The summed E-state index contributed by atoms with van der Waals surface area (Å²) < 4.78 is 133. The van der Waals surface area contributed by atoms with Gasteiger partial charge in [0.1, 0.15) is 0 Å². The second-order valence-corrected chi connectivity index (χ2v) is 5.94. The number of alkyl halides is 9. The average Bonchev–Trinajstić information content (AvgIpc) is 2.35. The molecule has 0 amide bonds. The van der Waals surface area contributed by atoms with Crippen molar-refractivity contribution in [1.82, 2.24) is 0 Å². The molecule has 1 aromatic rings. The van der Waals surface area contributed by atoms with E-state index in [1.54, 1.807) is 0 Å². The van der Waals surface area contributed by atoms with Crippen LogP contribution in [0.15, 0.2) is 29.2 Å². The largest absolute Gasteiger partial charge is 0.501 e. The SMILES string of the molecule is O=S(=O)(c1ccc(C(F)C(F)(F)C(F)(F)F)cc1)C(F)(F)F. The molecule has 2 nitrogen and oxygen atoms in total. The van der Waals surface area contributed by atoms with Gasteiger partial charge in [0.2, 0.25) is 0 Å². The van der Waals surface area contributed by atoms with Gasteiger partial charge < -0.3 is 0 Å². The third kappa shape index (κ3) is 3.15. The van der Waals surface area contributed by atoms with E-state index in [-0.39, 0.29) is 24.3 Å². The summed E-state index contributed by atoms with van der Waals surface area (Å²) in [6, 6.07) is 0.417. The van der Waals surface area contributed by atoms with E-state index in [0.717, 1.165) is 0 Å². The Morgan fingerprint density at radius 3 is 1.55 bits per heavy atom. The fourth-order valence-corrected chi connectivity index (χ4v) is 2.06. The van der Waals surface area contributed by atoms with Crippen molar-refractivity contribution in [3.63, 3.8) is 0 Å². The number of hydrogen-bond donors (Lipinski definition) is 0. The van der Waals surface area contributed by atoms with E-state index in [9.17, 15) is 47.9 Å². The highest BCUT2D eigenvalue weighted by Crippen LogP contribution is 2.46. The summed E-state index contributed by atoms with van der Waals surface area (Å²) in [6.45, 7) is 0. The summed E-state index contributed by atoms with van der Waals surface area (Å²) in [5.41, 5.74) is -7.01. The normalized spacial score (nSPS) is 15.7. The van der Waals surface area contributed by atoms with Crippen LogP contribution in [0.1, 0.15) is 11.7 Å². The van der Waals surface area contributed by atoms with Crippen molar-refractivity contribution in [2.24, 2.45) is 0 Å². The van der Waals surface area contributed by atoms with Gasteiger partial charge in [-0.15, -0.1) is 0 Å². The van der Waals surface area contributed by atoms with Gasteiger partial charge in [-0.3, -0.25) is 0 Å². The molecule has 0 N–H and O–H groups in total. The standard InChI is InChI=1S/C10H5F9O2S/c11-7(8(12,13)9(14,15)16)5-1-3-6(4-2-5)22(20,21)10(17,18)19/h1-4,7H. The predicted octanol–water partition coefficient (Wildman–Crippen LogP) is 4.19. The van der Waals surface area contributed by atoms with Gasteiger partial charge in [0.05, 0.1) is 4.90 Å². The van der Waals surface area contributed by atoms with Gasteiger partial charge in [0.25, 0.3) is 9.84 Å². The Morgan fingerprint density at radius 1 is 0.818 bits per heavy atom. The van der Waals surface area contributed by atoms with Crippen LogP contribution in [-0.4, -0.2) is 26.0 Å². The Hall–Kier alpha value is -1.46. The van der Waals surface area contributed by atoms with Gasteiger partial charge >= 0.3 is 17.6 Å². The van der Waals surface area contributed by atoms with Crippen LogP contribution in [0.3, 0.4) is 0 Å². The first-order valence-electron chi connectivity index (χ1n) is 5.12. The maximum absolute atomic E-state index is 13.2. The molecule has 12 heteroatoms. The molecule has 0 aliphatic rings. The molecule has 1 unspecified atom stereocenters. The van der Waals surface area contributed by atoms with Crippen LogP contribution in [0.4, 0.5) is 39.5 Å². The van der Waals surface area contributed by atoms with E-state index in [1.165, 1.54) is 0 Å². The van der Waals surface area contributed by atoms with Crippen molar-refractivity contribution in [3.05, 3.63) is 29.8 Å². The molecule has 0 aliphatic heterocycles. The lowest BCUT2D eigenvalue weighted by molar-refractivity contribution is -0.305. The molecule has 0 spiro atoms. The fourth-order valence-electron chi connectivity index (χ4n) is 1.30. The highest BCUT2D eigenvalue weighted by molar-refractivity contribution is 7.92. The highest BCUT2D eigenvalue weighted by Gasteiger charge is 2.63. The van der Waals surface area contributed by atoms with Crippen molar-refractivity contribution >= 4 is 9.84 Å². The Bertz CT molecular complexity index is 628. The van der Waals surface area contributed by atoms with Gasteiger partial charge in [0.15, 0.2) is 6.17 Å². The van der Waals surface area contributed by atoms with Crippen LogP contribution >= 0.6 is 0 Å². The Balaban J connectivity index is 3.20. The molecule has 0 fully saturated rings. The molecule has 22 heavy (non-hydrogen) atoms. The molecule has 1 rings (SSSR count). The summed E-state index contributed by atoms with van der Waals surface area (Å²) in [7, 11) is -5.81. The van der Waals surface area contributed by atoms with E-state index >= 15 is 0 Å². The molecular formula is C10H5F9O2S. The van der Waals surface area contributed by atoms with Crippen molar-refractivity contribution < 1.29 is 47.9 Å². The van der Waals surface area contributed by atoms with E-state index in [4.69, 9.17) is 0 Å². The van der Waals surface area contributed by atoms with Crippen molar-refractivity contribution in [1.29, 1.82) is 0 Å². The minimum atomic E-state index is -6.22. The lowest BCUT2D eigenvalue weighted by Crippen LogP contribution is -2.40. The Labute approximate surface area is 117 Å². The van der Waals surface area contributed by atoms with E-state index in [0.29, 0.717) is 0 Å². The van der Waals surface area contributed by atoms with Crippen molar-refractivity contribution in [2.45, 2.75) is 28.7 Å². The summed E-state index contributed by atoms with van der Waals surface area (Å²) in [5, 5.41) is 0. The molecule has 0 heterocycles. The molecule has 1 atom stereocenters. The zero-order chi connectivity index (χ0) is 17.6. The number of sulfone groups is 1.